The van der Waals surface area contributed by atoms with E-state index in [1.807, 2.05) is 13.0 Å². The SMILES string of the molecule is COCc1cc(C)n(Cc2ccc(Cl)c(Cl)c2)c(=O)c1C#N. The number of aryl methyl sites for hydroxylation is 1. The molecule has 0 fully saturated rings. The largest absolute Gasteiger partial charge is 0.380 e. The summed E-state index contributed by atoms with van der Waals surface area (Å²) in [4.78, 5) is 12.5. The molecule has 0 aliphatic heterocycles. The molecule has 0 saturated heterocycles. The number of pyridine rings is 1. The minimum absolute atomic E-state index is 0.104. The second kappa shape index (κ2) is 6.97. The molecule has 0 N–H and O–H groups in total. The van der Waals surface area contributed by atoms with Crippen molar-refractivity contribution < 1.29 is 4.74 Å². The Labute approximate surface area is 138 Å². The van der Waals surface area contributed by atoms with Crippen molar-refractivity contribution in [3.63, 3.8) is 0 Å². The summed E-state index contributed by atoms with van der Waals surface area (Å²) in [5.41, 5.74) is 1.95. The lowest BCUT2D eigenvalue weighted by atomic mass is 10.1. The molecule has 0 bridgehead atoms. The summed E-state index contributed by atoms with van der Waals surface area (Å²) in [6.45, 7) is 2.37. The minimum Gasteiger partial charge on any atom is -0.380 e. The van der Waals surface area contributed by atoms with Gasteiger partial charge < -0.3 is 9.30 Å². The molecule has 1 heterocycles. The Balaban J connectivity index is 2.50. The summed E-state index contributed by atoms with van der Waals surface area (Å²) < 4.78 is 6.58. The lowest BCUT2D eigenvalue weighted by molar-refractivity contribution is 0.184. The van der Waals surface area contributed by atoms with Gasteiger partial charge in [-0.1, -0.05) is 29.3 Å². The van der Waals surface area contributed by atoms with Crippen LogP contribution in [0.5, 0.6) is 0 Å². The van der Waals surface area contributed by atoms with Gasteiger partial charge in [-0.3, -0.25) is 4.79 Å². The molecule has 0 amide bonds. The number of ether oxygens (including phenoxy) is 1. The number of hydrogen-bond donors (Lipinski definition) is 0. The lowest BCUT2D eigenvalue weighted by Gasteiger charge is -2.13. The molecule has 2 aromatic rings. The second-order valence-electron chi connectivity index (χ2n) is 4.87. The van der Waals surface area contributed by atoms with E-state index in [0.29, 0.717) is 22.2 Å². The van der Waals surface area contributed by atoms with Crippen LogP contribution in [0.15, 0.2) is 29.1 Å². The van der Waals surface area contributed by atoms with Gasteiger partial charge in [0.1, 0.15) is 11.6 Å². The van der Waals surface area contributed by atoms with Crippen LogP contribution in [0.2, 0.25) is 10.0 Å². The molecule has 0 spiro atoms. The first-order chi connectivity index (χ1) is 10.5. The topological polar surface area (TPSA) is 55.0 Å². The van der Waals surface area contributed by atoms with Gasteiger partial charge in [0.05, 0.1) is 23.2 Å². The third-order valence-corrected chi connectivity index (χ3v) is 4.06. The van der Waals surface area contributed by atoms with Gasteiger partial charge >= 0.3 is 0 Å². The van der Waals surface area contributed by atoms with Crippen LogP contribution in [-0.2, 0) is 17.9 Å². The summed E-state index contributed by atoms with van der Waals surface area (Å²) in [6.07, 6.45) is 0. The third-order valence-electron chi connectivity index (χ3n) is 3.33. The van der Waals surface area contributed by atoms with Crippen molar-refractivity contribution in [2.45, 2.75) is 20.1 Å². The molecule has 22 heavy (non-hydrogen) atoms. The highest BCUT2D eigenvalue weighted by atomic mass is 35.5. The first-order valence-corrected chi connectivity index (χ1v) is 7.29. The predicted octanol–water partition coefficient (Wildman–Crippen LogP) is 3.53. The normalized spacial score (nSPS) is 10.5. The van der Waals surface area contributed by atoms with E-state index in [1.54, 1.807) is 24.3 Å². The number of halogens is 2. The highest BCUT2D eigenvalue weighted by Gasteiger charge is 2.13. The van der Waals surface area contributed by atoms with Crippen LogP contribution in [0.4, 0.5) is 0 Å². The number of nitriles is 1. The van der Waals surface area contributed by atoms with Gasteiger partial charge in [-0.05, 0) is 30.7 Å². The molecule has 0 aliphatic carbocycles. The quantitative estimate of drug-likeness (QED) is 0.858. The molecule has 1 aromatic heterocycles. The zero-order valence-electron chi connectivity index (χ0n) is 12.2. The van der Waals surface area contributed by atoms with Crippen molar-refractivity contribution in [1.29, 1.82) is 5.26 Å². The molecule has 4 nitrogen and oxygen atoms in total. The van der Waals surface area contributed by atoms with Crippen molar-refractivity contribution in [3.8, 4) is 6.07 Å². The predicted molar refractivity (Wildman–Crippen MR) is 86.4 cm³/mol. The van der Waals surface area contributed by atoms with E-state index in [0.717, 1.165) is 11.3 Å². The molecular weight excluding hydrogens is 323 g/mol. The highest BCUT2D eigenvalue weighted by Crippen LogP contribution is 2.23. The van der Waals surface area contributed by atoms with Gasteiger partial charge in [-0.15, -0.1) is 0 Å². The van der Waals surface area contributed by atoms with Gasteiger partial charge in [0.2, 0.25) is 0 Å². The molecule has 2 rings (SSSR count). The molecule has 6 heteroatoms. The smallest absolute Gasteiger partial charge is 0.269 e. The van der Waals surface area contributed by atoms with E-state index < -0.39 is 0 Å². The third kappa shape index (κ3) is 3.33. The Morgan fingerprint density at radius 2 is 2.00 bits per heavy atom. The van der Waals surface area contributed by atoms with Crippen LogP contribution >= 0.6 is 23.2 Å². The van der Waals surface area contributed by atoms with Crippen molar-refractivity contribution in [3.05, 3.63) is 67.0 Å². The van der Waals surface area contributed by atoms with Gasteiger partial charge in [-0.2, -0.15) is 5.26 Å². The summed E-state index contributed by atoms with van der Waals surface area (Å²) in [5.74, 6) is 0. The fourth-order valence-corrected chi connectivity index (χ4v) is 2.56. The van der Waals surface area contributed by atoms with Crippen LogP contribution in [-0.4, -0.2) is 11.7 Å². The molecule has 1 aromatic carbocycles. The Morgan fingerprint density at radius 1 is 1.27 bits per heavy atom. The maximum atomic E-state index is 12.5. The number of nitrogens with zero attached hydrogens (tertiary/aromatic N) is 2. The van der Waals surface area contributed by atoms with Crippen LogP contribution < -0.4 is 5.56 Å². The maximum absolute atomic E-state index is 12.5. The van der Waals surface area contributed by atoms with Gasteiger partial charge in [0.15, 0.2) is 0 Å². The average Bonchev–Trinajstić information content (AvgIpc) is 2.47. The van der Waals surface area contributed by atoms with E-state index in [9.17, 15) is 10.1 Å². The van der Waals surface area contributed by atoms with E-state index in [2.05, 4.69) is 0 Å². The van der Waals surface area contributed by atoms with Gasteiger partial charge in [0.25, 0.3) is 5.56 Å². The van der Waals surface area contributed by atoms with E-state index in [4.69, 9.17) is 27.9 Å². The molecule has 114 valence electrons. The fourth-order valence-electron chi connectivity index (χ4n) is 2.24. The average molecular weight is 337 g/mol. The number of aromatic nitrogens is 1. The van der Waals surface area contributed by atoms with E-state index >= 15 is 0 Å². The second-order valence-corrected chi connectivity index (χ2v) is 5.68. The Hall–Kier alpha value is -1.80. The van der Waals surface area contributed by atoms with Gasteiger partial charge in [0, 0.05) is 18.4 Å². The number of rotatable bonds is 4. The van der Waals surface area contributed by atoms with Crippen LogP contribution in [0.3, 0.4) is 0 Å². The Kier molecular flexibility index (Phi) is 5.25. The molecular formula is C16H14Cl2N2O2. The fraction of sp³-hybridized carbons (Fsp3) is 0.250. The van der Waals surface area contributed by atoms with Crippen LogP contribution in [0, 0.1) is 18.3 Å². The van der Waals surface area contributed by atoms with Crippen LogP contribution in [0.1, 0.15) is 22.4 Å². The molecule has 0 unspecified atom stereocenters. The number of hydrogen-bond acceptors (Lipinski definition) is 3. The minimum atomic E-state index is -0.333. The van der Waals surface area contributed by atoms with Crippen molar-refractivity contribution in [2.75, 3.05) is 7.11 Å². The van der Waals surface area contributed by atoms with Crippen LogP contribution in [0.25, 0.3) is 0 Å². The number of methoxy groups -OCH3 is 1. The Morgan fingerprint density at radius 3 is 2.59 bits per heavy atom. The summed E-state index contributed by atoms with van der Waals surface area (Å²) in [5, 5.41) is 10.1. The standard InChI is InChI=1S/C16H14Cl2N2O2/c1-10-5-12(9-22-2)13(7-19)16(21)20(10)8-11-3-4-14(17)15(18)6-11/h3-6H,8-9H2,1-2H3. The summed E-state index contributed by atoms with van der Waals surface area (Å²) in [6, 6.07) is 8.95. The molecule has 0 radical (unpaired) electrons. The van der Waals surface area contributed by atoms with Gasteiger partial charge in [-0.25, -0.2) is 0 Å². The highest BCUT2D eigenvalue weighted by molar-refractivity contribution is 6.42. The van der Waals surface area contributed by atoms with Crippen molar-refractivity contribution in [1.82, 2.24) is 4.57 Å². The molecule has 0 aliphatic rings. The maximum Gasteiger partial charge on any atom is 0.269 e. The monoisotopic (exact) mass is 336 g/mol. The first-order valence-electron chi connectivity index (χ1n) is 6.54. The zero-order valence-corrected chi connectivity index (χ0v) is 13.7. The van der Waals surface area contributed by atoms with Crippen molar-refractivity contribution >= 4 is 23.2 Å². The van der Waals surface area contributed by atoms with Crippen molar-refractivity contribution in [2.24, 2.45) is 0 Å². The number of benzene rings is 1. The molecule has 0 atom stereocenters. The molecule has 0 saturated carbocycles. The summed E-state index contributed by atoms with van der Waals surface area (Å²) in [7, 11) is 1.53. The zero-order chi connectivity index (χ0) is 16.3. The van der Waals surface area contributed by atoms with E-state index in [1.165, 1.54) is 11.7 Å². The summed E-state index contributed by atoms with van der Waals surface area (Å²) >= 11 is 11.9. The first kappa shape index (κ1) is 16.6. The lowest BCUT2D eigenvalue weighted by Crippen LogP contribution is -2.27. The van der Waals surface area contributed by atoms with E-state index in [-0.39, 0.29) is 17.7 Å². The Bertz CT molecular complexity index is 807.